The first kappa shape index (κ1) is 17.2. The molecular weight excluding hydrogens is 328 g/mol. The Kier molecular flexibility index (Phi) is 5.41. The molecule has 24 heavy (non-hydrogen) atoms. The molecule has 2 fully saturated rings. The SMILES string of the molecule is O=C(CN1CCCCC(O)C1=O)N1CC(Cc2ccccc2Cl)C1. The van der Waals surface area contributed by atoms with E-state index in [1.807, 2.05) is 24.3 Å². The first-order chi connectivity index (χ1) is 11.5. The summed E-state index contributed by atoms with van der Waals surface area (Å²) in [7, 11) is 0. The third-order valence-electron chi connectivity index (χ3n) is 4.85. The van der Waals surface area contributed by atoms with E-state index < -0.39 is 6.10 Å². The Morgan fingerprint density at radius 3 is 2.75 bits per heavy atom. The Bertz CT molecular complexity index is 616. The maximum absolute atomic E-state index is 12.3. The van der Waals surface area contributed by atoms with Crippen molar-refractivity contribution in [3.05, 3.63) is 34.9 Å². The number of hydrogen-bond donors (Lipinski definition) is 1. The summed E-state index contributed by atoms with van der Waals surface area (Å²) in [6, 6.07) is 7.78. The van der Waals surface area contributed by atoms with E-state index in [1.54, 1.807) is 4.90 Å². The molecule has 3 rings (SSSR count). The lowest BCUT2D eigenvalue weighted by Crippen LogP contribution is -2.54. The van der Waals surface area contributed by atoms with Crippen LogP contribution in [0, 0.1) is 5.92 Å². The van der Waals surface area contributed by atoms with Crippen LogP contribution in [0.25, 0.3) is 0 Å². The molecule has 1 aromatic rings. The van der Waals surface area contributed by atoms with Gasteiger partial charge >= 0.3 is 0 Å². The van der Waals surface area contributed by atoms with E-state index in [2.05, 4.69) is 0 Å². The molecular formula is C18H23ClN2O3. The van der Waals surface area contributed by atoms with Gasteiger partial charge in [0.05, 0.1) is 6.54 Å². The summed E-state index contributed by atoms with van der Waals surface area (Å²) in [6.07, 6.45) is 2.06. The fourth-order valence-electron chi connectivity index (χ4n) is 3.38. The third-order valence-corrected chi connectivity index (χ3v) is 5.22. The molecule has 1 atom stereocenters. The van der Waals surface area contributed by atoms with Crippen molar-refractivity contribution in [3.63, 3.8) is 0 Å². The lowest BCUT2D eigenvalue weighted by molar-refractivity contribution is -0.148. The van der Waals surface area contributed by atoms with Crippen LogP contribution >= 0.6 is 11.6 Å². The average molecular weight is 351 g/mol. The molecule has 0 bridgehead atoms. The molecule has 2 saturated heterocycles. The number of benzene rings is 1. The fourth-order valence-corrected chi connectivity index (χ4v) is 3.60. The van der Waals surface area contributed by atoms with Gasteiger partial charge in [-0.15, -0.1) is 0 Å². The largest absolute Gasteiger partial charge is 0.383 e. The molecule has 2 amide bonds. The Hall–Kier alpha value is -1.59. The van der Waals surface area contributed by atoms with Crippen LogP contribution in [-0.2, 0) is 16.0 Å². The minimum atomic E-state index is -0.954. The number of hydrogen-bond acceptors (Lipinski definition) is 3. The van der Waals surface area contributed by atoms with Gasteiger partial charge in [0.1, 0.15) is 6.10 Å². The number of aliphatic hydroxyl groups is 1. The summed E-state index contributed by atoms with van der Waals surface area (Å²) < 4.78 is 0. The van der Waals surface area contributed by atoms with Crippen LogP contribution in [0.4, 0.5) is 0 Å². The van der Waals surface area contributed by atoms with E-state index in [1.165, 1.54) is 4.90 Å². The Morgan fingerprint density at radius 1 is 1.25 bits per heavy atom. The minimum Gasteiger partial charge on any atom is -0.383 e. The maximum atomic E-state index is 12.3. The number of carbonyl (C=O) groups is 2. The van der Waals surface area contributed by atoms with Crippen LogP contribution < -0.4 is 0 Å². The topological polar surface area (TPSA) is 60.9 Å². The van der Waals surface area contributed by atoms with E-state index >= 15 is 0 Å². The quantitative estimate of drug-likeness (QED) is 0.899. The number of likely N-dealkylation sites (tertiary alicyclic amines) is 2. The van der Waals surface area contributed by atoms with Crippen molar-refractivity contribution in [1.29, 1.82) is 0 Å². The van der Waals surface area contributed by atoms with Gasteiger partial charge in [-0.25, -0.2) is 0 Å². The smallest absolute Gasteiger partial charge is 0.251 e. The molecule has 1 unspecified atom stereocenters. The van der Waals surface area contributed by atoms with Gasteiger partial charge in [0.2, 0.25) is 5.91 Å². The molecule has 1 aromatic carbocycles. The van der Waals surface area contributed by atoms with E-state index in [4.69, 9.17) is 11.6 Å². The average Bonchev–Trinajstić information content (AvgIpc) is 2.67. The predicted molar refractivity (Wildman–Crippen MR) is 91.7 cm³/mol. The van der Waals surface area contributed by atoms with Gasteiger partial charge in [0.15, 0.2) is 0 Å². The lowest BCUT2D eigenvalue weighted by atomic mass is 9.92. The summed E-state index contributed by atoms with van der Waals surface area (Å²) in [5.74, 6) is 0.0705. The second-order valence-corrected chi connectivity index (χ2v) is 7.14. The normalized spacial score (nSPS) is 22.2. The van der Waals surface area contributed by atoms with Crippen molar-refractivity contribution >= 4 is 23.4 Å². The summed E-state index contributed by atoms with van der Waals surface area (Å²) >= 11 is 6.17. The highest BCUT2D eigenvalue weighted by atomic mass is 35.5. The minimum absolute atomic E-state index is 0.0344. The number of carbonyl (C=O) groups excluding carboxylic acids is 2. The molecule has 2 heterocycles. The first-order valence-electron chi connectivity index (χ1n) is 8.52. The highest BCUT2D eigenvalue weighted by Crippen LogP contribution is 2.25. The van der Waals surface area contributed by atoms with E-state index in [-0.39, 0.29) is 18.4 Å². The first-order valence-corrected chi connectivity index (χ1v) is 8.90. The van der Waals surface area contributed by atoms with Gasteiger partial charge in [-0.3, -0.25) is 9.59 Å². The van der Waals surface area contributed by atoms with Gasteiger partial charge in [0.25, 0.3) is 5.91 Å². The van der Waals surface area contributed by atoms with Crippen LogP contribution in [0.15, 0.2) is 24.3 Å². The van der Waals surface area contributed by atoms with Crippen LogP contribution in [0.1, 0.15) is 24.8 Å². The highest BCUT2D eigenvalue weighted by Gasteiger charge is 2.33. The van der Waals surface area contributed by atoms with Crippen molar-refractivity contribution < 1.29 is 14.7 Å². The van der Waals surface area contributed by atoms with Crippen molar-refractivity contribution in [1.82, 2.24) is 9.80 Å². The Labute approximate surface area is 147 Å². The molecule has 2 aliphatic heterocycles. The zero-order valence-electron chi connectivity index (χ0n) is 13.7. The second-order valence-electron chi connectivity index (χ2n) is 6.73. The van der Waals surface area contributed by atoms with E-state index in [9.17, 15) is 14.7 Å². The summed E-state index contributed by atoms with van der Waals surface area (Å²) in [4.78, 5) is 27.7. The number of amides is 2. The van der Waals surface area contributed by atoms with Crippen molar-refractivity contribution in [2.24, 2.45) is 5.92 Å². The maximum Gasteiger partial charge on any atom is 0.251 e. The fraction of sp³-hybridized carbons (Fsp3) is 0.556. The summed E-state index contributed by atoms with van der Waals surface area (Å²) in [5.41, 5.74) is 1.11. The van der Waals surface area contributed by atoms with Crippen molar-refractivity contribution in [3.8, 4) is 0 Å². The Morgan fingerprint density at radius 2 is 2.00 bits per heavy atom. The van der Waals surface area contributed by atoms with Gasteiger partial charge < -0.3 is 14.9 Å². The monoisotopic (exact) mass is 350 g/mol. The standard InChI is InChI=1S/C18H23ClN2O3/c19-15-6-2-1-5-14(15)9-13-10-21(11-13)17(23)12-20-8-4-3-7-16(22)18(20)24/h1-2,5-6,13,16,22H,3-4,7-12H2. The zero-order valence-corrected chi connectivity index (χ0v) is 14.4. The molecule has 6 heteroatoms. The predicted octanol–water partition coefficient (Wildman–Crippen LogP) is 1.71. The van der Waals surface area contributed by atoms with Crippen LogP contribution in [0.2, 0.25) is 5.02 Å². The van der Waals surface area contributed by atoms with Crippen LogP contribution in [0.5, 0.6) is 0 Å². The molecule has 0 spiro atoms. The van der Waals surface area contributed by atoms with E-state index in [0.29, 0.717) is 32.0 Å². The van der Waals surface area contributed by atoms with Crippen molar-refractivity contribution in [2.75, 3.05) is 26.2 Å². The number of aliphatic hydroxyl groups excluding tert-OH is 1. The van der Waals surface area contributed by atoms with Gasteiger partial charge in [-0.2, -0.15) is 0 Å². The molecule has 1 N–H and O–H groups in total. The molecule has 0 aromatic heterocycles. The lowest BCUT2D eigenvalue weighted by Gasteiger charge is -2.40. The third kappa shape index (κ3) is 3.90. The van der Waals surface area contributed by atoms with Gasteiger partial charge in [0, 0.05) is 24.7 Å². The van der Waals surface area contributed by atoms with Crippen LogP contribution in [-0.4, -0.2) is 59.0 Å². The molecule has 2 aliphatic rings. The highest BCUT2D eigenvalue weighted by molar-refractivity contribution is 6.31. The second kappa shape index (κ2) is 7.53. The summed E-state index contributed by atoms with van der Waals surface area (Å²) in [6.45, 7) is 2.04. The Balaban J connectivity index is 1.48. The number of halogens is 1. The van der Waals surface area contributed by atoms with Gasteiger partial charge in [-0.1, -0.05) is 29.8 Å². The number of nitrogens with zero attached hydrogens (tertiary/aromatic N) is 2. The molecule has 130 valence electrons. The van der Waals surface area contributed by atoms with E-state index in [0.717, 1.165) is 29.8 Å². The molecule has 0 aliphatic carbocycles. The number of rotatable bonds is 4. The molecule has 0 radical (unpaired) electrons. The van der Waals surface area contributed by atoms with Crippen molar-refractivity contribution in [2.45, 2.75) is 31.8 Å². The molecule has 0 saturated carbocycles. The zero-order chi connectivity index (χ0) is 17.1. The molecule has 5 nitrogen and oxygen atoms in total. The van der Waals surface area contributed by atoms with Gasteiger partial charge in [-0.05, 0) is 43.2 Å². The van der Waals surface area contributed by atoms with Crippen LogP contribution in [0.3, 0.4) is 0 Å². The summed E-state index contributed by atoms with van der Waals surface area (Å²) in [5, 5.41) is 10.5.